The van der Waals surface area contributed by atoms with E-state index in [2.05, 4.69) is 10.2 Å². The molecular weight excluding hydrogens is 256 g/mol. The Labute approximate surface area is 117 Å². The second kappa shape index (κ2) is 6.34. The Morgan fingerprint density at radius 3 is 3.00 bits per heavy atom. The number of hydrogen-bond acceptors (Lipinski definition) is 3. The minimum atomic E-state index is -0.967. The van der Waals surface area contributed by atoms with Crippen LogP contribution in [-0.4, -0.2) is 41.0 Å². The molecule has 0 spiro atoms. The summed E-state index contributed by atoms with van der Waals surface area (Å²) >= 11 is 0. The van der Waals surface area contributed by atoms with E-state index in [0.29, 0.717) is 13.1 Å². The number of nitrogens with zero attached hydrogens (tertiary/aromatic N) is 1. The van der Waals surface area contributed by atoms with Gasteiger partial charge in [0.2, 0.25) is 5.91 Å². The van der Waals surface area contributed by atoms with Gasteiger partial charge in [-0.1, -0.05) is 24.3 Å². The predicted molar refractivity (Wildman–Crippen MR) is 76.0 cm³/mol. The van der Waals surface area contributed by atoms with E-state index in [1.54, 1.807) is 6.08 Å². The normalized spacial score (nSPS) is 20.1. The van der Waals surface area contributed by atoms with Crippen LogP contribution < -0.4 is 5.32 Å². The molecule has 1 atom stereocenters. The van der Waals surface area contributed by atoms with Gasteiger partial charge >= 0.3 is 5.97 Å². The maximum absolute atomic E-state index is 11.7. The third kappa shape index (κ3) is 3.45. The number of carboxylic acid groups (broad SMARTS) is 1. The summed E-state index contributed by atoms with van der Waals surface area (Å²) in [6.07, 6.45) is 2.72. The van der Waals surface area contributed by atoms with Crippen molar-refractivity contribution in [3.05, 3.63) is 41.5 Å². The SMILES string of the molecule is CC1C(=O)NCCN1Cc1ccccc1C=CC(=O)O. The Morgan fingerprint density at radius 1 is 1.50 bits per heavy atom. The number of rotatable bonds is 4. The summed E-state index contributed by atoms with van der Waals surface area (Å²) < 4.78 is 0. The van der Waals surface area contributed by atoms with Crippen LogP contribution in [0.3, 0.4) is 0 Å². The lowest BCUT2D eigenvalue weighted by Crippen LogP contribution is -2.53. The number of piperazine rings is 1. The van der Waals surface area contributed by atoms with Crippen molar-refractivity contribution in [1.82, 2.24) is 10.2 Å². The summed E-state index contributed by atoms with van der Waals surface area (Å²) in [6, 6.07) is 7.46. The average Bonchev–Trinajstić information content (AvgIpc) is 2.43. The van der Waals surface area contributed by atoms with Gasteiger partial charge in [-0.15, -0.1) is 0 Å². The maximum Gasteiger partial charge on any atom is 0.328 e. The number of hydrogen-bond donors (Lipinski definition) is 2. The Kier molecular flexibility index (Phi) is 4.53. The largest absolute Gasteiger partial charge is 0.478 e. The van der Waals surface area contributed by atoms with Gasteiger partial charge in [0.15, 0.2) is 0 Å². The molecular formula is C15H18N2O3. The first-order valence-electron chi connectivity index (χ1n) is 6.58. The molecule has 1 aliphatic rings. The van der Waals surface area contributed by atoms with Crippen LogP contribution in [0.2, 0.25) is 0 Å². The van der Waals surface area contributed by atoms with Crippen LogP contribution in [0.15, 0.2) is 30.3 Å². The van der Waals surface area contributed by atoms with Crippen LogP contribution in [-0.2, 0) is 16.1 Å². The molecule has 1 aromatic carbocycles. The minimum Gasteiger partial charge on any atom is -0.478 e. The van der Waals surface area contributed by atoms with Gasteiger partial charge in [-0.2, -0.15) is 0 Å². The van der Waals surface area contributed by atoms with Gasteiger partial charge in [-0.3, -0.25) is 9.69 Å². The van der Waals surface area contributed by atoms with Crippen molar-refractivity contribution in [3.8, 4) is 0 Å². The second-order valence-corrected chi connectivity index (χ2v) is 4.81. The van der Waals surface area contributed by atoms with Crippen LogP contribution in [0.1, 0.15) is 18.1 Å². The van der Waals surface area contributed by atoms with Crippen molar-refractivity contribution >= 4 is 18.0 Å². The fraction of sp³-hybridized carbons (Fsp3) is 0.333. The highest BCUT2D eigenvalue weighted by atomic mass is 16.4. The molecule has 0 aromatic heterocycles. The molecule has 0 bridgehead atoms. The number of carbonyl (C=O) groups is 2. The number of aliphatic carboxylic acids is 1. The van der Waals surface area contributed by atoms with E-state index in [1.807, 2.05) is 31.2 Å². The number of amides is 1. The van der Waals surface area contributed by atoms with E-state index < -0.39 is 5.97 Å². The zero-order valence-electron chi connectivity index (χ0n) is 11.4. The van der Waals surface area contributed by atoms with Gasteiger partial charge in [0, 0.05) is 25.7 Å². The van der Waals surface area contributed by atoms with Crippen molar-refractivity contribution in [3.63, 3.8) is 0 Å². The van der Waals surface area contributed by atoms with Gasteiger partial charge in [-0.05, 0) is 24.1 Å². The quantitative estimate of drug-likeness (QED) is 0.807. The molecule has 1 unspecified atom stereocenters. The predicted octanol–water partition coefficient (Wildman–Crippen LogP) is 1.10. The first-order chi connectivity index (χ1) is 9.58. The number of carboxylic acids is 1. The Bertz CT molecular complexity index is 540. The van der Waals surface area contributed by atoms with E-state index in [-0.39, 0.29) is 11.9 Å². The maximum atomic E-state index is 11.7. The molecule has 2 N–H and O–H groups in total. The lowest BCUT2D eigenvalue weighted by atomic mass is 10.0. The molecule has 0 saturated carbocycles. The monoisotopic (exact) mass is 274 g/mol. The highest BCUT2D eigenvalue weighted by Gasteiger charge is 2.25. The highest BCUT2D eigenvalue weighted by Crippen LogP contribution is 2.16. The molecule has 5 heteroatoms. The van der Waals surface area contributed by atoms with Crippen molar-refractivity contribution in [2.45, 2.75) is 19.5 Å². The summed E-state index contributed by atoms with van der Waals surface area (Å²) in [5.41, 5.74) is 1.89. The van der Waals surface area contributed by atoms with E-state index in [4.69, 9.17) is 5.11 Å². The van der Waals surface area contributed by atoms with E-state index in [1.165, 1.54) is 0 Å². The molecule has 0 aliphatic carbocycles. The van der Waals surface area contributed by atoms with Gasteiger partial charge in [0.25, 0.3) is 0 Å². The molecule has 106 valence electrons. The van der Waals surface area contributed by atoms with Crippen molar-refractivity contribution in [2.24, 2.45) is 0 Å². The van der Waals surface area contributed by atoms with Gasteiger partial charge in [0.1, 0.15) is 0 Å². The summed E-state index contributed by atoms with van der Waals surface area (Å²) in [6.45, 7) is 3.96. The highest BCUT2D eigenvalue weighted by molar-refractivity contribution is 5.85. The number of carbonyl (C=O) groups excluding carboxylic acids is 1. The first kappa shape index (κ1) is 14.3. The Hall–Kier alpha value is -2.14. The van der Waals surface area contributed by atoms with Crippen LogP contribution in [0.25, 0.3) is 6.08 Å². The first-order valence-corrected chi connectivity index (χ1v) is 6.58. The molecule has 1 heterocycles. The van der Waals surface area contributed by atoms with Crippen LogP contribution in [0, 0.1) is 0 Å². The standard InChI is InChI=1S/C15H18N2O3/c1-11-15(20)16-8-9-17(11)10-13-5-3-2-4-12(13)6-7-14(18)19/h2-7,11H,8-10H2,1H3,(H,16,20)(H,18,19). The molecule has 1 aliphatic heterocycles. The van der Waals surface area contributed by atoms with Crippen LogP contribution >= 0.6 is 0 Å². The van der Waals surface area contributed by atoms with E-state index in [0.717, 1.165) is 23.7 Å². The van der Waals surface area contributed by atoms with E-state index >= 15 is 0 Å². The van der Waals surface area contributed by atoms with Crippen LogP contribution in [0.5, 0.6) is 0 Å². The number of benzene rings is 1. The lowest BCUT2D eigenvalue weighted by molar-refractivity contribution is -0.131. The van der Waals surface area contributed by atoms with Crippen molar-refractivity contribution < 1.29 is 14.7 Å². The molecule has 5 nitrogen and oxygen atoms in total. The fourth-order valence-electron chi connectivity index (χ4n) is 2.27. The summed E-state index contributed by atoms with van der Waals surface area (Å²) in [4.78, 5) is 24.4. The molecule has 20 heavy (non-hydrogen) atoms. The minimum absolute atomic E-state index is 0.0369. The molecule has 1 aromatic rings. The second-order valence-electron chi connectivity index (χ2n) is 4.81. The fourth-order valence-corrected chi connectivity index (χ4v) is 2.27. The summed E-state index contributed by atoms with van der Waals surface area (Å²) in [5.74, 6) is -0.930. The van der Waals surface area contributed by atoms with Gasteiger partial charge < -0.3 is 10.4 Å². The Morgan fingerprint density at radius 2 is 2.25 bits per heavy atom. The molecule has 2 rings (SSSR count). The molecule has 0 radical (unpaired) electrons. The van der Waals surface area contributed by atoms with Crippen molar-refractivity contribution in [2.75, 3.05) is 13.1 Å². The summed E-state index contributed by atoms with van der Waals surface area (Å²) in [7, 11) is 0. The van der Waals surface area contributed by atoms with Crippen molar-refractivity contribution in [1.29, 1.82) is 0 Å². The van der Waals surface area contributed by atoms with Gasteiger partial charge in [-0.25, -0.2) is 4.79 Å². The van der Waals surface area contributed by atoms with Gasteiger partial charge in [0.05, 0.1) is 6.04 Å². The molecule has 1 saturated heterocycles. The number of nitrogens with one attached hydrogen (secondary N) is 1. The third-order valence-electron chi connectivity index (χ3n) is 3.46. The topological polar surface area (TPSA) is 69.6 Å². The average molecular weight is 274 g/mol. The Balaban J connectivity index is 2.16. The molecule has 1 amide bonds. The van der Waals surface area contributed by atoms with E-state index in [9.17, 15) is 9.59 Å². The molecule has 1 fully saturated rings. The lowest BCUT2D eigenvalue weighted by Gasteiger charge is -2.33. The smallest absolute Gasteiger partial charge is 0.328 e. The van der Waals surface area contributed by atoms with Crippen LogP contribution in [0.4, 0.5) is 0 Å². The summed E-state index contributed by atoms with van der Waals surface area (Å²) in [5, 5.41) is 11.5. The zero-order valence-corrected chi connectivity index (χ0v) is 11.4. The zero-order chi connectivity index (χ0) is 14.5. The third-order valence-corrected chi connectivity index (χ3v) is 3.46.